The van der Waals surface area contributed by atoms with Gasteiger partial charge in [-0.2, -0.15) is 0 Å². The quantitative estimate of drug-likeness (QED) is 0.615. The highest BCUT2D eigenvalue weighted by Crippen LogP contribution is 2.17. The van der Waals surface area contributed by atoms with Crippen molar-refractivity contribution >= 4 is 23.7 Å². The van der Waals surface area contributed by atoms with Crippen LogP contribution in [0.25, 0.3) is 0 Å². The van der Waals surface area contributed by atoms with E-state index in [9.17, 15) is 9.59 Å². The number of carbonyl (C=O) groups is 2. The maximum atomic E-state index is 11.6. The lowest BCUT2D eigenvalue weighted by Crippen LogP contribution is -2.40. The maximum absolute atomic E-state index is 11.6. The van der Waals surface area contributed by atoms with Gasteiger partial charge in [0, 0.05) is 13.1 Å². The maximum Gasteiger partial charge on any atom is 0.321 e. The second-order valence-corrected chi connectivity index (χ2v) is 4.89. The predicted octanol–water partition coefficient (Wildman–Crippen LogP) is 0.0846. The van der Waals surface area contributed by atoms with Gasteiger partial charge in [0.25, 0.3) is 0 Å². The molecule has 0 fully saturated rings. The molecule has 0 aliphatic heterocycles. The molecule has 0 saturated carbocycles. The second-order valence-electron chi connectivity index (χ2n) is 3.95. The number of aromatic nitrogens is 3. The van der Waals surface area contributed by atoms with Crippen molar-refractivity contribution in [1.82, 2.24) is 25.4 Å². The Kier molecular flexibility index (Phi) is 7.02. The highest BCUT2D eigenvalue weighted by Gasteiger charge is 2.13. The number of rotatable bonds is 7. The zero-order valence-electron chi connectivity index (χ0n) is 11.7. The molecule has 8 nitrogen and oxygen atoms in total. The van der Waals surface area contributed by atoms with E-state index in [-0.39, 0.29) is 11.7 Å². The minimum absolute atomic E-state index is 0.101. The van der Waals surface area contributed by atoms with Crippen LogP contribution < -0.4 is 16.4 Å². The van der Waals surface area contributed by atoms with Crippen LogP contribution in [0.5, 0.6) is 0 Å². The van der Waals surface area contributed by atoms with Gasteiger partial charge in [-0.05, 0) is 13.3 Å². The third-order valence-corrected chi connectivity index (χ3v) is 3.31. The van der Waals surface area contributed by atoms with E-state index in [0.717, 1.165) is 13.0 Å². The first-order valence-electron chi connectivity index (χ1n) is 6.44. The van der Waals surface area contributed by atoms with Gasteiger partial charge < -0.3 is 15.6 Å². The van der Waals surface area contributed by atoms with Crippen molar-refractivity contribution in [2.75, 3.05) is 12.3 Å². The normalized spacial score (nSPS) is 10.3. The van der Waals surface area contributed by atoms with Crippen molar-refractivity contribution in [3.8, 4) is 0 Å². The molecule has 0 saturated heterocycles. The third-order valence-electron chi connectivity index (χ3n) is 2.35. The summed E-state index contributed by atoms with van der Waals surface area (Å²) in [6.45, 7) is 5.34. The summed E-state index contributed by atoms with van der Waals surface area (Å²) in [4.78, 5) is 22.8. The molecular formula is C11H20N6O2S. The van der Waals surface area contributed by atoms with Crippen LogP contribution >= 0.6 is 11.8 Å². The first-order chi connectivity index (χ1) is 9.62. The zero-order valence-corrected chi connectivity index (χ0v) is 12.5. The van der Waals surface area contributed by atoms with Crippen LogP contribution in [0, 0.1) is 0 Å². The lowest BCUT2D eigenvalue weighted by molar-refractivity contribution is -0.117. The lowest BCUT2D eigenvalue weighted by Gasteiger charge is -2.07. The molecule has 1 heterocycles. The molecule has 0 unspecified atom stereocenters. The highest BCUT2D eigenvalue weighted by atomic mass is 32.2. The summed E-state index contributed by atoms with van der Waals surface area (Å²) in [6.07, 6.45) is 0.920. The molecule has 20 heavy (non-hydrogen) atoms. The Hall–Kier alpha value is -1.61. The van der Waals surface area contributed by atoms with E-state index in [4.69, 9.17) is 5.73 Å². The average Bonchev–Trinajstić information content (AvgIpc) is 2.79. The Morgan fingerprint density at radius 2 is 2.10 bits per heavy atom. The summed E-state index contributed by atoms with van der Waals surface area (Å²) in [5.41, 5.74) is 5.58. The molecule has 1 rings (SSSR count). The monoisotopic (exact) mass is 300 g/mol. The summed E-state index contributed by atoms with van der Waals surface area (Å²) in [5.74, 6) is 0.420. The van der Waals surface area contributed by atoms with E-state index in [1.165, 1.54) is 11.8 Å². The van der Waals surface area contributed by atoms with E-state index in [2.05, 4.69) is 20.8 Å². The first kappa shape index (κ1) is 16.4. The van der Waals surface area contributed by atoms with Gasteiger partial charge in [0.15, 0.2) is 5.16 Å². The summed E-state index contributed by atoms with van der Waals surface area (Å²) in [7, 11) is 0. The number of amides is 3. The number of imide groups is 1. The van der Waals surface area contributed by atoms with Crippen LogP contribution in [0.15, 0.2) is 5.16 Å². The minimum atomic E-state index is -0.490. The Morgan fingerprint density at radius 3 is 2.70 bits per heavy atom. The van der Waals surface area contributed by atoms with Gasteiger partial charge in [-0.25, -0.2) is 4.79 Å². The van der Waals surface area contributed by atoms with Gasteiger partial charge >= 0.3 is 6.03 Å². The SMILES string of the molecule is CCCn1c(CN)nnc1SCC(=O)NC(=O)NCC. The number of thioether (sulfide) groups is 1. The van der Waals surface area contributed by atoms with Gasteiger partial charge in [0.1, 0.15) is 5.82 Å². The number of nitrogens with zero attached hydrogens (tertiary/aromatic N) is 3. The van der Waals surface area contributed by atoms with Crippen LogP contribution in [0.1, 0.15) is 26.1 Å². The van der Waals surface area contributed by atoms with E-state index in [1.54, 1.807) is 6.92 Å². The van der Waals surface area contributed by atoms with Crippen LogP contribution in [0.4, 0.5) is 4.79 Å². The fourth-order valence-electron chi connectivity index (χ4n) is 1.52. The summed E-state index contributed by atoms with van der Waals surface area (Å²) in [6, 6.07) is -0.490. The number of nitrogens with one attached hydrogen (secondary N) is 2. The molecule has 0 aliphatic carbocycles. The van der Waals surface area contributed by atoms with Gasteiger partial charge in [-0.3, -0.25) is 10.1 Å². The standard InChI is InChI=1S/C11H20N6O2S/c1-3-5-17-8(6-12)15-16-11(17)20-7-9(18)14-10(19)13-4-2/h3-7,12H2,1-2H3,(H2,13,14,18,19). The van der Waals surface area contributed by atoms with Crippen molar-refractivity contribution in [3.63, 3.8) is 0 Å². The van der Waals surface area contributed by atoms with Crippen molar-refractivity contribution < 1.29 is 9.59 Å². The van der Waals surface area contributed by atoms with E-state index < -0.39 is 6.03 Å². The zero-order chi connectivity index (χ0) is 15.0. The fourth-order valence-corrected chi connectivity index (χ4v) is 2.31. The van der Waals surface area contributed by atoms with Crippen molar-refractivity contribution in [1.29, 1.82) is 0 Å². The molecule has 1 aromatic heterocycles. The predicted molar refractivity (Wildman–Crippen MR) is 76.1 cm³/mol. The molecule has 4 N–H and O–H groups in total. The van der Waals surface area contributed by atoms with Gasteiger partial charge in [0.05, 0.1) is 12.3 Å². The lowest BCUT2D eigenvalue weighted by atomic mass is 10.4. The number of carbonyl (C=O) groups excluding carboxylic acids is 2. The topological polar surface area (TPSA) is 115 Å². The molecule has 0 atom stereocenters. The Balaban J connectivity index is 2.54. The smallest absolute Gasteiger partial charge is 0.321 e. The van der Waals surface area contributed by atoms with Crippen LogP contribution in [0.2, 0.25) is 0 Å². The number of hydrogen-bond acceptors (Lipinski definition) is 6. The second kappa shape index (κ2) is 8.54. The molecular weight excluding hydrogens is 280 g/mol. The molecule has 9 heteroatoms. The molecule has 0 aliphatic rings. The molecule has 0 bridgehead atoms. The van der Waals surface area contributed by atoms with Gasteiger partial charge in [-0.1, -0.05) is 18.7 Å². The minimum Gasteiger partial charge on any atom is -0.338 e. The van der Waals surface area contributed by atoms with Crippen molar-refractivity contribution in [2.24, 2.45) is 5.73 Å². The van der Waals surface area contributed by atoms with E-state index in [0.29, 0.717) is 24.1 Å². The summed E-state index contributed by atoms with van der Waals surface area (Å²) in [5, 5.41) is 13.3. The molecule has 1 aromatic rings. The molecule has 0 aromatic carbocycles. The Morgan fingerprint density at radius 1 is 1.35 bits per heavy atom. The van der Waals surface area contributed by atoms with Gasteiger partial charge in [0.2, 0.25) is 5.91 Å². The molecule has 3 amide bonds. The fraction of sp³-hybridized carbons (Fsp3) is 0.636. The van der Waals surface area contributed by atoms with Crippen molar-refractivity contribution in [3.05, 3.63) is 5.82 Å². The number of hydrogen-bond donors (Lipinski definition) is 3. The molecule has 0 spiro atoms. The highest BCUT2D eigenvalue weighted by molar-refractivity contribution is 7.99. The average molecular weight is 300 g/mol. The number of nitrogens with two attached hydrogens (primary N) is 1. The van der Waals surface area contributed by atoms with E-state index in [1.807, 2.05) is 11.5 Å². The van der Waals surface area contributed by atoms with Crippen molar-refractivity contribution in [2.45, 2.75) is 38.5 Å². The Bertz CT molecular complexity index is 462. The van der Waals surface area contributed by atoms with Crippen LogP contribution in [0.3, 0.4) is 0 Å². The third kappa shape index (κ3) is 4.82. The summed E-state index contributed by atoms with van der Waals surface area (Å²) >= 11 is 1.23. The number of urea groups is 1. The molecule has 112 valence electrons. The largest absolute Gasteiger partial charge is 0.338 e. The molecule has 0 radical (unpaired) electrons. The van der Waals surface area contributed by atoms with Gasteiger partial charge in [-0.15, -0.1) is 10.2 Å². The summed E-state index contributed by atoms with van der Waals surface area (Å²) < 4.78 is 1.89. The van der Waals surface area contributed by atoms with E-state index >= 15 is 0 Å². The van der Waals surface area contributed by atoms with Crippen LogP contribution in [-0.2, 0) is 17.9 Å². The Labute approximate surface area is 121 Å². The van der Waals surface area contributed by atoms with Crippen LogP contribution in [-0.4, -0.2) is 39.0 Å². The first-order valence-corrected chi connectivity index (χ1v) is 7.43.